The van der Waals surface area contributed by atoms with Gasteiger partial charge >= 0.3 is 0 Å². The maximum Gasteiger partial charge on any atom is 0.242 e. The smallest absolute Gasteiger partial charge is 0.242 e. The van der Waals surface area contributed by atoms with Crippen molar-refractivity contribution in [2.75, 3.05) is 0 Å². The molecule has 0 saturated heterocycles. The van der Waals surface area contributed by atoms with Crippen LogP contribution in [0.25, 0.3) is 10.8 Å². The predicted octanol–water partition coefficient (Wildman–Crippen LogP) is 5.41. The summed E-state index contributed by atoms with van der Waals surface area (Å²) in [7, 11) is 0. The second kappa shape index (κ2) is 10.9. The molecule has 4 heteroatoms. The first kappa shape index (κ1) is 23.5. The van der Waals surface area contributed by atoms with Gasteiger partial charge in [0.05, 0.1) is 0 Å². The van der Waals surface area contributed by atoms with Gasteiger partial charge < -0.3 is 10.2 Å². The molecule has 0 fully saturated rings. The number of nitrogens with zero attached hydrogens (tertiary/aromatic N) is 1. The van der Waals surface area contributed by atoms with Gasteiger partial charge in [-0.25, -0.2) is 0 Å². The molecule has 0 aliphatic rings. The average molecular weight is 431 g/mol. The van der Waals surface area contributed by atoms with Gasteiger partial charge in [-0.2, -0.15) is 0 Å². The first-order valence-electron chi connectivity index (χ1n) is 11.5. The maximum absolute atomic E-state index is 13.4. The number of rotatable bonds is 9. The highest BCUT2D eigenvalue weighted by molar-refractivity contribution is 5.89. The summed E-state index contributed by atoms with van der Waals surface area (Å²) in [5, 5.41) is 5.38. The molecule has 0 bridgehead atoms. The molecule has 4 nitrogen and oxygen atoms in total. The van der Waals surface area contributed by atoms with Crippen molar-refractivity contribution in [1.29, 1.82) is 0 Å². The standard InChI is InChI=1S/C28H34N2O2/c1-5-21(3)29-28(32)22(4)30(19-23-15-13-20(2)14-16-23)27(31)18-17-25-11-8-10-24-9-6-7-12-26(24)25/h6-16,21-22H,5,17-19H2,1-4H3,(H,29,32). The lowest BCUT2D eigenvalue weighted by atomic mass is 10.0. The van der Waals surface area contributed by atoms with Crippen molar-refractivity contribution in [2.24, 2.45) is 0 Å². The van der Waals surface area contributed by atoms with E-state index in [1.165, 1.54) is 16.3 Å². The molecular formula is C28H34N2O2. The minimum atomic E-state index is -0.537. The quantitative estimate of drug-likeness (QED) is 0.493. The highest BCUT2D eigenvalue weighted by Crippen LogP contribution is 2.21. The highest BCUT2D eigenvalue weighted by atomic mass is 16.2. The van der Waals surface area contributed by atoms with E-state index in [-0.39, 0.29) is 17.9 Å². The second-order valence-electron chi connectivity index (χ2n) is 8.64. The van der Waals surface area contributed by atoms with E-state index in [0.29, 0.717) is 19.4 Å². The van der Waals surface area contributed by atoms with Gasteiger partial charge in [-0.05, 0) is 55.5 Å². The van der Waals surface area contributed by atoms with Crippen LogP contribution >= 0.6 is 0 Å². The van der Waals surface area contributed by atoms with E-state index in [4.69, 9.17) is 0 Å². The molecule has 2 unspecified atom stereocenters. The van der Waals surface area contributed by atoms with Crippen molar-refractivity contribution in [1.82, 2.24) is 10.2 Å². The summed E-state index contributed by atoms with van der Waals surface area (Å²) in [4.78, 5) is 27.9. The zero-order valence-corrected chi connectivity index (χ0v) is 19.6. The van der Waals surface area contributed by atoms with E-state index in [2.05, 4.69) is 29.6 Å². The molecule has 0 aromatic heterocycles. The fraction of sp³-hybridized carbons (Fsp3) is 0.357. The van der Waals surface area contributed by atoms with Crippen molar-refractivity contribution < 1.29 is 9.59 Å². The van der Waals surface area contributed by atoms with Crippen LogP contribution in [0.5, 0.6) is 0 Å². The number of benzene rings is 3. The Hall–Kier alpha value is -3.14. The van der Waals surface area contributed by atoms with Crippen LogP contribution in [0, 0.1) is 6.92 Å². The van der Waals surface area contributed by atoms with E-state index >= 15 is 0 Å². The molecule has 2 atom stereocenters. The Morgan fingerprint density at radius 2 is 1.62 bits per heavy atom. The van der Waals surface area contributed by atoms with Crippen LogP contribution in [0.1, 0.15) is 50.3 Å². The van der Waals surface area contributed by atoms with Crippen molar-refractivity contribution in [3.05, 3.63) is 83.4 Å². The van der Waals surface area contributed by atoms with Gasteiger partial charge in [-0.3, -0.25) is 9.59 Å². The number of fused-ring (bicyclic) bond motifs is 1. The van der Waals surface area contributed by atoms with Crippen LogP contribution in [0.4, 0.5) is 0 Å². The highest BCUT2D eigenvalue weighted by Gasteiger charge is 2.26. The predicted molar refractivity (Wildman–Crippen MR) is 131 cm³/mol. The van der Waals surface area contributed by atoms with Crippen LogP contribution in [0.2, 0.25) is 0 Å². The molecule has 3 aromatic rings. The lowest BCUT2D eigenvalue weighted by Gasteiger charge is -2.30. The van der Waals surface area contributed by atoms with Crippen LogP contribution in [-0.4, -0.2) is 28.8 Å². The summed E-state index contributed by atoms with van der Waals surface area (Å²) in [5.74, 6) is -0.115. The van der Waals surface area contributed by atoms with E-state index in [1.54, 1.807) is 4.90 Å². The molecule has 2 amide bonds. The number of carbonyl (C=O) groups excluding carboxylic acids is 2. The van der Waals surface area contributed by atoms with Crippen molar-refractivity contribution in [3.8, 4) is 0 Å². The molecule has 0 spiro atoms. The minimum Gasteiger partial charge on any atom is -0.352 e. The minimum absolute atomic E-state index is 0.00897. The second-order valence-corrected chi connectivity index (χ2v) is 8.64. The number of hydrogen-bond donors (Lipinski definition) is 1. The lowest BCUT2D eigenvalue weighted by Crippen LogP contribution is -2.49. The topological polar surface area (TPSA) is 49.4 Å². The zero-order valence-electron chi connectivity index (χ0n) is 19.6. The van der Waals surface area contributed by atoms with E-state index < -0.39 is 6.04 Å². The molecule has 0 aliphatic heterocycles. The number of carbonyl (C=O) groups is 2. The Kier molecular flexibility index (Phi) is 8.04. The molecule has 3 rings (SSSR count). The fourth-order valence-corrected chi connectivity index (χ4v) is 3.83. The van der Waals surface area contributed by atoms with E-state index in [0.717, 1.165) is 17.5 Å². The van der Waals surface area contributed by atoms with Crippen LogP contribution in [0.15, 0.2) is 66.7 Å². The molecule has 3 aromatic carbocycles. The SMILES string of the molecule is CCC(C)NC(=O)C(C)N(Cc1ccc(C)cc1)C(=O)CCc1cccc2ccccc12. The fourth-order valence-electron chi connectivity index (χ4n) is 3.83. The van der Waals surface area contributed by atoms with Crippen LogP contribution in [-0.2, 0) is 22.6 Å². The van der Waals surface area contributed by atoms with Gasteiger partial charge in [0.1, 0.15) is 6.04 Å². The summed E-state index contributed by atoms with van der Waals surface area (Å²) in [5.41, 5.74) is 3.35. The van der Waals surface area contributed by atoms with Crippen LogP contribution < -0.4 is 5.32 Å². The summed E-state index contributed by atoms with van der Waals surface area (Å²) >= 11 is 0. The first-order chi connectivity index (χ1) is 15.4. The van der Waals surface area contributed by atoms with Gasteiger partial charge in [-0.15, -0.1) is 0 Å². The monoisotopic (exact) mass is 430 g/mol. The Morgan fingerprint density at radius 3 is 2.34 bits per heavy atom. The van der Waals surface area contributed by atoms with Crippen LogP contribution in [0.3, 0.4) is 0 Å². The molecule has 0 radical (unpaired) electrons. The number of amides is 2. The molecule has 0 heterocycles. The number of aryl methyl sites for hydroxylation is 2. The number of hydrogen-bond acceptors (Lipinski definition) is 2. The van der Waals surface area contributed by atoms with Crippen molar-refractivity contribution in [3.63, 3.8) is 0 Å². The molecule has 1 N–H and O–H groups in total. The van der Waals surface area contributed by atoms with E-state index in [9.17, 15) is 9.59 Å². The van der Waals surface area contributed by atoms with Gasteiger partial charge in [-0.1, -0.05) is 79.2 Å². The van der Waals surface area contributed by atoms with Gasteiger partial charge in [0.2, 0.25) is 11.8 Å². The largest absolute Gasteiger partial charge is 0.352 e. The Morgan fingerprint density at radius 1 is 0.938 bits per heavy atom. The third-order valence-corrected chi connectivity index (χ3v) is 6.13. The number of nitrogens with one attached hydrogen (secondary N) is 1. The van der Waals surface area contributed by atoms with E-state index in [1.807, 2.05) is 70.2 Å². The summed E-state index contributed by atoms with van der Waals surface area (Å²) in [6.45, 7) is 8.30. The molecule has 168 valence electrons. The Balaban J connectivity index is 1.78. The van der Waals surface area contributed by atoms with Crippen molar-refractivity contribution in [2.45, 2.75) is 65.6 Å². The van der Waals surface area contributed by atoms with Gasteiger partial charge in [0.15, 0.2) is 0 Å². The third kappa shape index (κ3) is 5.97. The average Bonchev–Trinajstić information content (AvgIpc) is 2.81. The lowest BCUT2D eigenvalue weighted by molar-refractivity contribution is -0.140. The molecule has 0 aliphatic carbocycles. The zero-order chi connectivity index (χ0) is 23.1. The molecular weight excluding hydrogens is 396 g/mol. The first-order valence-corrected chi connectivity index (χ1v) is 11.5. The Labute approximate surface area is 191 Å². The van der Waals surface area contributed by atoms with Gasteiger partial charge in [0.25, 0.3) is 0 Å². The normalized spacial score (nSPS) is 12.9. The Bertz CT molecular complexity index is 1050. The third-order valence-electron chi connectivity index (χ3n) is 6.13. The molecule has 32 heavy (non-hydrogen) atoms. The van der Waals surface area contributed by atoms with Crippen molar-refractivity contribution >= 4 is 22.6 Å². The summed E-state index contributed by atoms with van der Waals surface area (Å²) in [6.07, 6.45) is 1.86. The maximum atomic E-state index is 13.4. The summed E-state index contributed by atoms with van der Waals surface area (Å²) in [6, 6.07) is 22.1. The van der Waals surface area contributed by atoms with Gasteiger partial charge in [0, 0.05) is 19.0 Å². The summed E-state index contributed by atoms with van der Waals surface area (Å²) < 4.78 is 0. The molecule has 0 saturated carbocycles.